The number of hydrogen-bond donors (Lipinski definition) is 0. The van der Waals surface area contributed by atoms with Gasteiger partial charge in [0.15, 0.2) is 4.80 Å². The maximum atomic E-state index is 13.6. The Labute approximate surface area is 206 Å². The van der Waals surface area contributed by atoms with Crippen LogP contribution >= 0.6 is 23.1 Å². The predicted molar refractivity (Wildman–Crippen MR) is 136 cm³/mol. The molecule has 176 valence electrons. The zero-order valence-electron chi connectivity index (χ0n) is 19.7. The molecule has 0 unspecified atom stereocenters. The maximum absolute atomic E-state index is 13.6. The van der Waals surface area contributed by atoms with E-state index in [1.165, 1.54) is 11.3 Å². The lowest BCUT2D eigenvalue weighted by Gasteiger charge is -2.25. The van der Waals surface area contributed by atoms with Crippen molar-refractivity contribution in [2.24, 2.45) is 4.99 Å². The smallest absolute Gasteiger partial charge is 0.338 e. The minimum atomic E-state index is -0.620. The van der Waals surface area contributed by atoms with Crippen LogP contribution in [0.4, 0.5) is 0 Å². The number of fused-ring (bicyclic) bond motifs is 1. The van der Waals surface area contributed by atoms with E-state index in [-0.39, 0.29) is 11.7 Å². The first kappa shape index (κ1) is 24.0. The average Bonchev–Trinajstić information content (AvgIpc) is 3.12. The summed E-state index contributed by atoms with van der Waals surface area (Å²) in [6.45, 7) is 5.40. The van der Waals surface area contributed by atoms with Gasteiger partial charge in [-0.05, 0) is 68.5 Å². The van der Waals surface area contributed by atoms with Gasteiger partial charge in [0, 0.05) is 4.90 Å². The van der Waals surface area contributed by atoms with Crippen LogP contribution in [0.1, 0.15) is 37.9 Å². The van der Waals surface area contributed by atoms with E-state index in [0.29, 0.717) is 26.4 Å². The van der Waals surface area contributed by atoms with Crippen LogP contribution < -0.4 is 19.6 Å². The fourth-order valence-electron chi connectivity index (χ4n) is 3.84. The minimum Gasteiger partial charge on any atom is -0.497 e. The van der Waals surface area contributed by atoms with Crippen LogP contribution in [0.3, 0.4) is 0 Å². The van der Waals surface area contributed by atoms with Crippen LogP contribution in [0.15, 0.2) is 74.5 Å². The van der Waals surface area contributed by atoms with Gasteiger partial charge in [0.1, 0.15) is 5.75 Å². The summed E-state index contributed by atoms with van der Waals surface area (Å²) in [4.78, 5) is 33.1. The SMILES string of the molecule is COc1cccc(/C=c2/sc3n(c2=O)[C@H](c2ccc(SC)cc2)C(C(=O)OC(C)C)=C(C)N=3)c1. The second kappa shape index (κ2) is 10.0. The summed E-state index contributed by atoms with van der Waals surface area (Å²) >= 11 is 2.94. The van der Waals surface area contributed by atoms with E-state index in [1.54, 1.807) is 44.2 Å². The first-order valence-electron chi connectivity index (χ1n) is 10.8. The number of aromatic nitrogens is 1. The summed E-state index contributed by atoms with van der Waals surface area (Å²) in [7, 11) is 1.61. The monoisotopic (exact) mass is 494 g/mol. The Kier molecular flexibility index (Phi) is 7.09. The van der Waals surface area contributed by atoms with E-state index in [9.17, 15) is 9.59 Å². The third-order valence-corrected chi connectivity index (χ3v) is 7.13. The van der Waals surface area contributed by atoms with Crippen molar-refractivity contribution in [3.05, 3.63) is 90.6 Å². The molecule has 0 bridgehead atoms. The molecule has 1 aliphatic heterocycles. The van der Waals surface area contributed by atoms with Gasteiger partial charge >= 0.3 is 5.97 Å². The van der Waals surface area contributed by atoms with Crippen LogP contribution in [0.5, 0.6) is 5.75 Å². The number of nitrogens with zero attached hydrogens (tertiary/aromatic N) is 2. The maximum Gasteiger partial charge on any atom is 0.338 e. The molecule has 0 aliphatic carbocycles. The second-order valence-electron chi connectivity index (χ2n) is 8.09. The molecule has 8 heteroatoms. The van der Waals surface area contributed by atoms with Crippen LogP contribution in [0.2, 0.25) is 0 Å². The predicted octanol–water partition coefficient (Wildman–Crippen LogP) is 3.92. The summed E-state index contributed by atoms with van der Waals surface area (Å²) < 4.78 is 13.0. The van der Waals surface area contributed by atoms with E-state index in [4.69, 9.17) is 9.47 Å². The van der Waals surface area contributed by atoms with Gasteiger partial charge in [-0.2, -0.15) is 0 Å². The molecule has 2 heterocycles. The van der Waals surface area contributed by atoms with E-state index < -0.39 is 12.0 Å². The first-order valence-corrected chi connectivity index (χ1v) is 12.9. The Morgan fingerprint density at radius 2 is 1.94 bits per heavy atom. The van der Waals surface area contributed by atoms with Gasteiger partial charge in [0.2, 0.25) is 0 Å². The number of thioether (sulfide) groups is 1. The standard InChI is InChI=1S/C26H26N2O4S2/c1-15(2)32-25(30)22-16(3)27-26-28(23(22)18-9-11-20(33-5)12-10-18)24(29)21(34-26)14-17-7-6-8-19(13-17)31-4/h6-15,23H,1-5H3/b21-14+/t23-/m1/s1. The molecule has 0 saturated carbocycles. The Morgan fingerprint density at radius 1 is 1.21 bits per heavy atom. The van der Waals surface area contributed by atoms with E-state index in [1.807, 2.05) is 60.9 Å². The number of esters is 1. The summed E-state index contributed by atoms with van der Waals surface area (Å²) in [6.07, 6.45) is 3.54. The molecule has 3 aromatic rings. The highest BCUT2D eigenvalue weighted by Crippen LogP contribution is 2.32. The first-order chi connectivity index (χ1) is 16.3. The molecule has 1 aromatic heterocycles. The topological polar surface area (TPSA) is 69.9 Å². The number of ether oxygens (including phenoxy) is 2. The van der Waals surface area contributed by atoms with E-state index in [0.717, 1.165) is 16.0 Å². The van der Waals surface area contributed by atoms with E-state index >= 15 is 0 Å². The molecule has 4 rings (SSSR count). The Morgan fingerprint density at radius 3 is 2.59 bits per heavy atom. The molecule has 0 amide bonds. The van der Waals surface area contributed by atoms with Crippen LogP contribution in [-0.2, 0) is 9.53 Å². The van der Waals surface area contributed by atoms with Crippen molar-refractivity contribution < 1.29 is 14.3 Å². The Bertz CT molecular complexity index is 1430. The second-order valence-corrected chi connectivity index (χ2v) is 9.97. The van der Waals surface area contributed by atoms with Crippen LogP contribution in [-0.4, -0.2) is 30.0 Å². The molecular weight excluding hydrogens is 468 g/mol. The number of benzene rings is 2. The Hall–Kier alpha value is -3.10. The minimum absolute atomic E-state index is 0.201. The lowest BCUT2D eigenvalue weighted by molar-refractivity contribution is -0.143. The molecule has 34 heavy (non-hydrogen) atoms. The fourth-order valence-corrected chi connectivity index (χ4v) is 5.30. The third kappa shape index (κ3) is 4.74. The molecule has 1 aliphatic rings. The van der Waals surface area contributed by atoms with Crippen molar-refractivity contribution in [1.82, 2.24) is 4.57 Å². The molecule has 2 aromatic carbocycles. The number of carbonyl (C=O) groups excluding carboxylic acids is 1. The van der Waals surface area contributed by atoms with Crippen molar-refractivity contribution in [2.75, 3.05) is 13.4 Å². The zero-order chi connectivity index (χ0) is 24.4. The number of thiazole rings is 1. The molecular formula is C26H26N2O4S2. The normalized spacial score (nSPS) is 15.8. The van der Waals surface area contributed by atoms with Gasteiger partial charge in [0.25, 0.3) is 5.56 Å². The highest BCUT2D eigenvalue weighted by Gasteiger charge is 2.33. The molecule has 0 radical (unpaired) electrons. The van der Waals surface area contributed by atoms with Gasteiger partial charge < -0.3 is 9.47 Å². The number of rotatable bonds is 6. The van der Waals surface area contributed by atoms with Gasteiger partial charge in [-0.3, -0.25) is 9.36 Å². The van der Waals surface area contributed by atoms with Crippen molar-refractivity contribution in [2.45, 2.75) is 37.8 Å². The van der Waals surface area contributed by atoms with Crippen molar-refractivity contribution in [3.63, 3.8) is 0 Å². The quantitative estimate of drug-likeness (QED) is 0.384. The third-order valence-electron chi connectivity index (χ3n) is 5.41. The summed E-state index contributed by atoms with van der Waals surface area (Å²) in [5, 5.41) is 0. The molecule has 1 atom stereocenters. The highest BCUT2D eigenvalue weighted by molar-refractivity contribution is 7.98. The fraction of sp³-hybridized carbons (Fsp3) is 0.269. The molecule has 0 saturated heterocycles. The van der Waals surface area contributed by atoms with Crippen LogP contribution in [0.25, 0.3) is 6.08 Å². The largest absolute Gasteiger partial charge is 0.497 e. The number of hydrogen-bond acceptors (Lipinski definition) is 7. The zero-order valence-corrected chi connectivity index (χ0v) is 21.3. The lowest BCUT2D eigenvalue weighted by atomic mass is 9.96. The molecule has 0 spiro atoms. The molecule has 6 nitrogen and oxygen atoms in total. The number of allylic oxidation sites excluding steroid dienone is 1. The molecule has 0 fully saturated rings. The van der Waals surface area contributed by atoms with Crippen LogP contribution in [0, 0.1) is 0 Å². The summed E-state index contributed by atoms with van der Waals surface area (Å²) in [5.41, 5.74) is 2.41. The van der Waals surface area contributed by atoms with E-state index in [2.05, 4.69) is 4.99 Å². The number of methoxy groups -OCH3 is 1. The highest BCUT2D eigenvalue weighted by atomic mass is 32.2. The summed E-state index contributed by atoms with van der Waals surface area (Å²) in [5.74, 6) is 0.250. The molecule has 0 N–H and O–H groups in total. The van der Waals surface area contributed by atoms with Gasteiger partial charge in [-0.25, -0.2) is 9.79 Å². The van der Waals surface area contributed by atoms with Crippen molar-refractivity contribution in [1.29, 1.82) is 0 Å². The van der Waals surface area contributed by atoms with Gasteiger partial charge in [0.05, 0.1) is 35.1 Å². The average molecular weight is 495 g/mol. The van der Waals surface area contributed by atoms with Gasteiger partial charge in [-0.15, -0.1) is 11.8 Å². The van der Waals surface area contributed by atoms with Gasteiger partial charge in [-0.1, -0.05) is 35.6 Å². The van der Waals surface area contributed by atoms with Crippen molar-refractivity contribution >= 4 is 35.1 Å². The van der Waals surface area contributed by atoms with Crippen molar-refractivity contribution in [3.8, 4) is 5.75 Å². The lowest BCUT2D eigenvalue weighted by Crippen LogP contribution is -2.40. The Balaban J connectivity index is 1.92. The number of carbonyl (C=O) groups is 1. The summed E-state index contributed by atoms with van der Waals surface area (Å²) in [6, 6.07) is 14.8.